The Morgan fingerprint density at radius 1 is 1.11 bits per heavy atom. The topological polar surface area (TPSA) is 32.5 Å². The van der Waals surface area contributed by atoms with E-state index in [0.29, 0.717) is 10.4 Å². The van der Waals surface area contributed by atoms with E-state index < -0.39 is 0 Å². The molecule has 0 aromatic heterocycles. The van der Waals surface area contributed by atoms with Crippen LogP contribution >= 0.6 is 12.2 Å². The van der Waals surface area contributed by atoms with E-state index in [1.165, 1.54) is 71.2 Å². The molecule has 0 aromatic carbocycles. The summed E-state index contributed by atoms with van der Waals surface area (Å²) < 4.78 is 0. The van der Waals surface area contributed by atoms with Gasteiger partial charge in [-0.3, -0.25) is 4.90 Å². The number of thiocarbonyl (C=S) groups is 1. The molecule has 2 aliphatic carbocycles. The first-order chi connectivity index (χ1) is 9.17. The molecule has 108 valence electrons. The van der Waals surface area contributed by atoms with Crippen LogP contribution in [0.1, 0.15) is 44.9 Å². The highest BCUT2D eigenvalue weighted by molar-refractivity contribution is 7.80. The second-order valence-electron chi connectivity index (χ2n) is 6.89. The van der Waals surface area contributed by atoms with Crippen molar-refractivity contribution in [2.24, 2.45) is 11.1 Å². The molecule has 0 aromatic rings. The maximum absolute atomic E-state index is 5.73. The van der Waals surface area contributed by atoms with Crippen LogP contribution in [0.2, 0.25) is 0 Å². The minimum atomic E-state index is 0.460. The minimum absolute atomic E-state index is 0.460. The van der Waals surface area contributed by atoms with Gasteiger partial charge in [-0.1, -0.05) is 25.1 Å². The van der Waals surface area contributed by atoms with Crippen molar-refractivity contribution < 1.29 is 0 Å². The number of hydrogen-bond acceptors (Lipinski definition) is 3. The predicted octanol–water partition coefficient (Wildman–Crippen LogP) is 2.00. The summed E-state index contributed by atoms with van der Waals surface area (Å²) in [5.41, 5.74) is 6.19. The van der Waals surface area contributed by atoms with Gasteiger partial charge in [-0.2, -0.15) is 0 Å². The van der Waals surface area contributed by atoms with Crippen molar-refractivity contribution in [1.29, 1.82) is 0 Å². The lowest BCUT2D eigenvalue weighted by Gasteiger charge is -2.39. The minimum Gasteiger partial charge on any atom is -0.393 e. The average molecular weight is 281 g/mol. The van der Waals surface area contributed by atoms with Gasteiger partial charge in [0.05, 0.1) is 4.99 Å². The number of nitrogens with two attached hydrogens (primary N) is 1. The standard InChI is InChI=1S/C15H27N3S/c16-14(19)11-15(5-6-15)12-17-7-9-18(10-8-17)13-3-1-2-4-13/h13H,1-12H2,(H2,16,19). The maximum atomic E-state index is 5.73. The molecule has 19 heavy (non-hydrogen) atoms. The van der Waals surface area contributed by atoms with Gasteiger partial charge in [0.25, 0.3) is 0 Å². The van der Waals surface area contributed by atoms with Crippen LogP contribution in [0.4, 0.5) is 0 Å². The van der Waals surface area contributed by atoms with E-state index in [4.69, 9.17) is 18.0 Å². The molecule has 0 bridgehead atoms. The van der Waals surface area contributed by atoms with E-state index in [-0.39, 0.29) is 0 Å². The first kappa shape index (κ1) is 13.8. The average Bonchev–Trinajstić information content (AvgIpc) is 2.93. The molecule has 3 aliphatic rings. The van der Waals surface area contributed by atoms with Crippen LogP contribution in [0.3, 0.4) is 0 Å². The van der Waals surface area contributed by atoms with Gasteiger partial charge >= 0.3 is 0 Å². The molecule has 1 aliphatic heterocycles. The molecule has 3 rings (SSSR count). The van der Waals surface area contributed by atoms with Crippen LogP contribution in [0.25, 0.3) is 0 Å². The van der Waals surface area contributed by atoms with Gasteiger partial charge in [0.2, 0.25) is 0 Å². The zero-order valence-corrected chi connectivity index (χ0v) is 12.8. The summed E-state index contributed by atoms with van der Waals surface area (Å²) in [5, 5.41) is 0. The van der Waals surface area contributed by atoms with Crippen LogP contribution in [0, 0.1) is 5.41 Å². The Balaban J connectivity index is 1.44. The monoisotopic (exact) mass is 281 g/mol. The molecular formula is C15H27N3S. The summed E-state index contributed by atoms with van der Waals surface area (Å²) >= 11 is 5.09. The van der Waals surface area contributed by atoms with E-state index in [1.54, 1.807) is 0 Å². The molecule has 0 atom stereocenters. The van der Waals surface area contributed by atoms with Crippen LogP contribution in [-0.2, 0) is 0 Å². The summed E-state index contributed by atoms with van der Waals surface area (Å²) in [7, 11) is 0. The molecular weight excluding hydrogens is 254 g/mol. The van der Waals surface area contributed by atoms with E-state index in [0.717, 1.165) is 12.5 Å². The highest BCUT2D eigenvalue weighted by atomic mass is 32.1. The third kappa shape index (κ3) is 3.47. The van der Waals surface area contributed by atoms with E-state index >= 15 is 0 Å². The molecule has 1 heterocycles. The molecule has 2 N–H and O–H groups in total. The molecule has 1 saturated heterocycles. The molecule has 0 radical (unpaired) electrons. The van der Waals surface area contributed by atoms with Crippen molar-refractivity contribution in [3.63, 3.8) is 0 Å². The quantitative estimate of drug-likeness (QED) is 0.781. The van der Waals surface area contributed by atoms with Crippen molar-refractivity contribution in [3.8, 4) is 0 Å². The SMILES string of the molecule is NC(=S)CC1(CN2CCN(C3CCCC3)CC2)CC1. The van der Waals surface area contributed by atoms with Crippen molar-refractivity contribution in [1.82, 2.24) is 9.80 Å². The fraction of sp³-hybridized carbons (Fsp3) is 0.933. The van der Waals surface area contributed by atoms with Gasteiger partial charge in [-0.15, -0.1) is 0 Å². The maximum Gasteiger partial charge on any atom is 0.0733 e. The molecule has 0 unspecified atom stereocenters. The lowest BCUT2D eigenvalue weighted by molar-refractivity contribution is 0.0851. The Morgan fingerprint density at radius 3 is 2.26 bits per heavy atom. The van der Waals surface area contributed by atoms with Crippen molar-refractivity contribution in [2.75, 3.05) is 32.7 Å². The Bertz CT molecular complexity index is 326. The van der Waals surface area contributed by atoms with Gasteiger partial charge in [0.1, 0.15) is 0 Å². The summed E-state index contributed by atoms with van der Waals surface area (Å²) in [6, 6.07) is 0.897. The molecule has 4 heteroatoms. The lowest BCUT2D eigenvalue weighted by Crippen LogP contribution is -2.51. The Morgan fingerprint density at radius 2 is 1.74 bits per heavy atom. The smallest absolute Gasteiger partial charge is 0.0733 e. The predicted molar refractivity (Wildman–Crippen MR) is 83.3 cm³/mol. The van der Waals surface area contributed by atoms with Gasteiger partial charge in [-0.25, -0.2) is 0 Å². The first-order valence-corrected chi connectivity index (χ1v) is 8.32. The van der Waals surface area contributed by atoms with Crippen LogP contribution in [-0.4, -0.2) is 53.6 Å². The van der Waals surface area contributed by atoms with E-state index in [1.807, 2.05) is 0 Å². The largest absolute Gasteiger partial charge is 0.393 e. The summed E-state index contributed by atoms with van der Waals surface area (Å²) in [5.74, 6) is 0. The van der Waals surface area contributed by atoms with Gasteiger partial charge in [0.15, 0.2) is 0 Å². The van der Waals surface area contributed by atoms with Crippen molar-refractivity contribution >= 4 is 17.2 Å². The number of rotatable bonds is 5. The first-order valence-electron chi connectivity index (χ1n) is 7.92. The number of nitrogens with zero attached hydrogens (tertiary/aromatic N) is 2. The number of hydrogen-bond donors (Lipinski definition) is 1. The third-order valence-corrected chi connectivity index (χ3v) is 5.46. The summed E-state index contributed by atoms with van der Waals surface area (Å²) in [6.45, 7) is 6.26. The second kappa shape index (κ2) is 5.66. The zero-order valence-electron chi connectivity index (χ0n) is 11.9. The molecule has 0 amide bonds. The highest BCUT2D eigenvalue weighted by Crippen LogP contribution is 2.49. The lowest BCUT2D eigenvalue weighted by atomic mass is 10.0. The number of piperazine rings is 1. The second-order valence-corrected chi connectivity index (χ2v) is 7.42. The van der Waals surface area contributed by atoms with Crippen LogP contribution in [0.5, 0.6) is 0 Å². The Kier molecular flexibility index (Phi) is 4.11. The highest BCUT2D eigenvalue weighted by Gasteiger charge is 2.44. The third-order valence-electron chi connectivity index (χ3n) is 5.31. The van der Waals surface area contributed by atoms with Gasteiger partial charge in [0, 0.05) is 45.2 Å². The molecule has 0 spiro atoms. The van der Waals surface area contributed by atoms with Crippen molar-refractivity contribution in [2.45, 2.75) is 51.0 Å². The van der Waals surface area contributed by atoms with E-state index in [2.05, 4.69) is 9.80 Å². The Hall–Kier alpha value is -0.190. The van der Waals surface area contributed by atoms with Crippen LogP contribution < -0.4 is 5.73 Å². The van der Waals surface area contributed by atoms with E-state index in [9.17, 15) is 0 Å². The normalized spacial score (nSPS) is 28.6. The van der Waals surface area contributed by atoms with Crippen molar-refractivity contribution in [3.05, 3.63) is 0 Å². The molecule has 3 fully saturated rings. The fourth-order valence-corrected chi connectivity index (χ4v) is 4.27. The fourth-order valence-electron chi connectivity index (χ4n) is 3.97. The summed E-state index contributed by atoms with van der Waals surface area (Å²) in [6.07, 6.45) is 9.38. The van der Waals surface area contributed by atoms with Gasteiger partial charge in [-0.05, 0) is 31.1 Å². The molecule has 3 nitrogen and oxygen atoms in total. The molecule has 2 saturated carbocycles. The van der Waals surface area contributed by atoms with Crippen LogP contribution in [0.15, 0.2) is 0 Å². The van der Waals surface area contributed by atoms with Gasteiger partial charge < -0.3 is 10.6 Å². The zero-order chi connectivity index (χ0) is 13.3. The Labute approximate surface area is 122 Å². The summed E-state index contributed by atoms with van der Waals surface area (Å²) in [4.78, 5) is 6.09.